The van der Waals surface area contributed by atoms with Crippen LogP contribution in [0.5, 0.6) is 5.75 Å². The second-order valence-electron chi connectivity index (χ2n) is 8.03. The second-order valence-corrected chi connectivity index (χ2v) is 9.42. The van der Waals surface area contributed by atoms with Crippen LogP contribution < -0.4 is 15.4 Å². The summed E-state index contributed by atoms with van der Waals surface area (Å²) in [7, 11) is 1.18. The van der Waals surface area contributed by atoms with Gasteiger partial charge in [-0.3, -0.25) is 14.4 Å². The van der Waals surface area contributed by atoms with E-state index in [1.165, 1.54) is 7.11 Å². The maximum absolute atomic E-state index is 13.0. The van der Waals surface area contributed by atoms with Gasteiger partial charge in [-0.25, -0.2) is 0 Å². The molecule has 2 aromatic rings. The predicted molar refractivity (Wildman–Crippen MR) is 139 cm³/mol. The lowest BCUT2D eigenvalue weighted by Gasteiger charge is -2.31. The number of anilines is 1. The Morgan fingerprint density at radius 2 is 2.00 bits per heavy atom. The highest BCUT2D eigenvalue weighted by molar-refractivity contribution is 8.03. The normalized spacial score (nSPS) is 17.2. The molecule has 10 heteroatoms. The van der Waals surface area contributed by atoms with Crippen LogP contribution in [0.25, 0.3) is 0 Å². The molecule has 0 fully saturated rings. The van der Waals surface area contributed by atoms with E-state index >= 15 is 0 Å². The highest BCUT2D eigenvalue weighted by atomic mass is 35.5. The maximum atomic E-state index is 13.0. The number of esters is 1. The minimum absolute atomic E-state index is 0.0617. The van der Waals surface area contributed by atoms with E-state index in [9.17, 15) is 19.6 Å². The van der Waals surface area contributed by atoms with Crippen molar-refractivity contribution in [3.05, 3.63) is 68.7 Å². The van der Waals surface area contributed by atoms with Crippen LogP contribution in [0.2, 0.25) is 5.02 Å². The molecule has 0 saturated heterocycles. The Morgan fingerprint density at radius 1 is 1.25 bits per heavy atom. The van der Waals surface area contributed by atoms with Gasteiger partial charge in [0.15, 0.2) is 0 Å². The van der Waals surface area contributed by atoms with Crippen molar-refractivity contribution in [2.24, 2.45) is 5.92 Å². The number of carbonyl (C=O) groups excluding carboxylic acids is 3. The van der Waals surface area contributed by atoms with Gasteiger partial charge in [-0.15, -0.1) is 0 Å². The molecule has 2 atom stereocenters. The van der Waals surface area contributed by atoms with E-state index in [2.05, 4.69) is 16.7 Å². The number of halogens is 1. The van der Waals surface area contributed by atoms with Gasteiger partial charge in [-0.05, 0) is 55.7 Å². The minimum Gasteiger partial charge on any atom is -0.492 e. The van der Waals surface area contributed by atoms with Crippen LogP contribution >= 0.6 is 23.4 Å². The van der Waals surface area contributed by atoms with Crippen molar-refractivity contribution in [1.29, 1.82) is 5.26 Å². The SMILES string of the molecule is CCOc1ccc([C@H]2C(C#N)=C(SCC(=O)Nc3cccc(C)c3C)NC(=O)[C@H]2C(=O)OC)cc1Cl. The molecule has 2 N–H and O–H groups in total. The summed E-state index contributed by atoms with van der Waals surface area (Å²) in [6, 6.07) is 12.6. The molecular formula is C26H26ClN3O5S. The van der Waals surface area contributed by atoms with Crippen LogP contribution in [0.3, 0.4) is 0 Å². The number of allylic oxidation sites excluding steroid dienone is 1. The number of nitriles is 1. The standard InChI is InChI=1S/C26H26ClN3O5S/c1-5-35-20-10-9-16(11-18(20)27)22-17(12-28)25(30-24(32)23(22)26(33)34-4)36-13-21(31)29-19-8-6-7-14(2)15(19)3/h6-11,22-23H,5,13H2,1-4H3,(H,29,31)(H,30,32)/t22-,23-/m0/s1. The quantitative estimate of drug-likeness (QED) is 0.384. The van der Waals surface area contributed by atoms with Crippen molar-refractivity contribution in [1.82, 2.24) is 5.32 Å². The molecule has 0 spiro atoms. The zero-order valence-corrected chi connectivity index (χ0v) is 21.9. The van der Waals surface area contributed by atoms with E-state index in [0.717, 1.165) is 22.9 Å². The molecule has 2 aromatic carbocycles. The Hall–Kier alpha value is -3.48. The topological polar surface area (TPSA) is 118 Å². The van der Waals surface area contributed by atoms with Gasteiger partial charge in [0.25, 0.3) is 0 Å². The van der Waals surface area contributed by atoms with Crippen LogP contribution in [-0.4, -0.2) is 37.3 Å². The number of aryl methyl sites for hydroxylation is 1. The number of carbonyl (C=O) groups is 3. The fourth-order valence-corrected chi connectivity index (χ4v) is 4.97. The molecule has 8 nitrogen and oxygen atoms in total. The fraction of sp³-hybridized carbons (Fsp3) is 0.308. The predicted octanol–water partition coefficient (Wildman–Crippen LogP) is 4.47. The Labute approximate surface area is 219 Å². The zero-order chi connectivity index (χ0) is 26.4. The number of benzene rings is 2. The highest BCUT2D eigenvalue weighted by Crippen LogP contribution is 2.42. The van der Waals surface area contributed by atoms with Crippen molar-refractivity contribution in [3.63, 3.8) is 0 Å². The maximum Gasteiger partial charge on any atom is 0.319 e. The van der Waals surface area contributed by atoms with E-state index in [-0.39, 0.29) is 27.3 Å². The molecule has 36 heavy (non-hydrogen) atoms. The molecule has 1 aliphatic rings. The third-order valence-corrected chi connectivity index (χ3v) is 7.14. The van der Waals surface area contributed by atoms with Gasteiger partial charge in [0.05, 0.1) is 41.2 Å². The Balaban J connectivity index is 1.93. The van der Waals surface area contributed by atoms with E-state index in [1.807, 2.05) is 32.9 Å². The van der Waals surface area contributed by atoms with Gasteiger partial charge in [0, 0.05) is 11.6 Å². The number of hydrogen-bond donors (Lipinski definition) is 2. The number of thioether (sulfide) groups is 1. The number of nitrogens with one attached hydrogen (secondary N) is 2. The average Bonchev–Trinajstić information content (AvgIpc) is 2.86. The fourth-order valence-electron chi connectivity index (χ4n) is 3.87. The first-order chi connectivity index (χ1) is 17.2. The summed E-state index contributed by atoms with van der Waals surface area (Å²) >= 11 is 7.37. The summed E-state index contributed by atoms with van der Waals surface area (Å²) in [6.45, 7) is 6.09. The zero-order valence-electron chi connectivity index (χ0n) is 20.3. The molecule has 0 bridgehead atoms. The van der Waals surface area contributed by atoms with Crippen molar-refractivity contribution in [3.8, 4) is 11.8 Å². The van der Waals surface area contributed by atoms with Crippen LogP contribution in [0, 0.1) is 31.1 Å². The Kier molecular flexibility index (Phi) is 9.02. The number of nitrogens with zero attached hydrogens (tertiary/aromatic N) is 1. The lowest BCUT2D eigenvalue weighted by Crippen LogP contribution is -2.44. The number of rotatable bonds is 8. The largest absolute Gasteiger partial charge is 0.492 e. The monoisotopic (exact) mass is 527 g/mol. The number of methoxy groups -OCH3 is 1. The van der Waals surface area contributed by atoms with Gasteiger partial charge >= 0.3 is 5.97 Å². The van der Waals surface area contributed by atoms with Crippen molar-refractivity contribution >= 4 is 46.8 Å². The molecule has 3 rings (SSSR count). The summed E-state index contributed by atoms with van der Waals surface area (Å²) in [6.07, 6.45) is 0. The van der Waals surface area contributed by atoms with E-state index in [0.29, 0.717) is 23.6 Å². The number of ether oxygens (including phenoxy) is 2. The Bertz CT molecular complexity index is 1270. The molecule has 0 unspecified atom stereocenters. The minimum atomic E-state index is -1.30. The van der Waals surface area contributed by atoms with Crippen LogP contribution in [0.15, 0.2) is 47.0 Å². The number of amides is 2. The first kappa shape index (κ1) is 27.1. The molecule has 188 valence electrons. The molecule has 0 saturated carbocycles. The lowest BCUT2D eigenvalue weighted by atomic mass is 9.78. The van der Waals surface area contributed by atoms with Crippen molar-refractivity contribution in [2.45, 2.75) is 26.7 Å². The average molecular weight is 528 g/mol. The summed E-state index contributed by atoms with van der Waals surface area (Å²) in [5.74, 6) is -3.59. The third-order valence-electron chi connectivity index (χ3n) is 5.82. The van der Waals surface area contributed by atoms with Crippen LogP contribution in [0.4, 0.5) is 5.69 Å². The third kappa shape index (κ3) is 5.83. The first-order valence-corrected chi connectivity index (χ1v) is 12.5. The van der Waals surface area contributed by atoms with Crippen molar-refractivity contribution < 1.29 is 23.9 Å². The molecule has 0 aliphatic carbocycles. The smallest absolute Gasteiger partial charge is 0.319 e. The van der Waals surface area contributed by atoms with E-state index < -0.39 is 23.7 Å². The summed E-state index contributed by atoms with van der Waals surface area (Å²) in [5.41, 5.74) is 3.29. The van der Waals surface area contributed by atoms with Crippen molar-refractivity contribution in [2.75, 3.05) is 24.8 Å². The summed E-state index contributed by atoms with van der Waals surface area (Å²) in [4.78, 5) is 38.2. The molecule has 1 heterocycles. The molecule has 0 radical (unpaired) electrons. The lowest BCUT2D eigenvalue weighted by molar-refractivity contribution is -0.150. The van der Waals surface area contributed by atoms with E-state index in [4.69, 9.17) is 21.1 Å². The highest BCUT2D eigenvalue weighted by Gasteiger charge is 2.44. The van der Waals surface area contributed by atoms with E-state index in [1.54, 1.807) is 24.3 Å². The van der Waals surface area contributed by atoms with Gasteiger partial charge in [-0.1, -0.05) is 41.6 Å². The second kappa shape index (κ2) is 12.0. The van der Waals surface area contributed by atoms with Gasteiger partial charge in [0.1, 0.15) is 11.7 Å². The summed E-state index contributed by atoms with van der Waals surface area (Å²) < 4.78 is 10.3. The number of hydrogen-bond acceptors (Lipinski definition) is 7. The Morgan fingerprint density at radius 3 is 2.64 bits per heavy atom. The van der Waals surface area contributed by atoms with Gasteiger partial charge in [-0.2, -0.15) is 5.26 Å². The van der Waals surface area contributed by atoms with Crippen LogP contribution in [0.1, 0.15) is 29.5 Å². The first-order valence-electron chi connectivity index (χ1n) is 11.2. The molecule has 0 aromatic heterocycles. The summed E-state index contributed by atoms with van der Waals surface area (Å²) in [5, 5.41) is 16.0. The van der Waals surface area contributed by atoms with Gasteiger partial charge < -0.3 is 20.1 Å². The molecule has 1 aliphatic heterocycles. The van der Waals surface area contributed by atoms with Crippen LogP contribution in [-0.2, 0) is 19.1 Å². The molecule has 2 amide bonds. The van der Waals surface area contributed by atoms with Gasteiger partial charge in [0.2, 0.25) is 11.8 Å². The molecular weight excluding hydrogens is 502 g/mol.